The smallest absolute Gasteiger partial charge is 0.180 e. The van der Waals surface area contributed by atoms with Crippen LogP contribution in [0.25, 0.3) is 33.9 Å². The fourth-order valence-electron chi connectivity index (χ4n) is 3.88. The summed E-state index contributed by atoms with van der Waals surface area (Å²) in [6.07, 6.45) is 12.5. The van der Waals surface area contributed by atoms with Gasteiger partial charge in [0.1, 0.15) is 0 Å². The molecule has 0 amide bonds. The van der Waals surface area contributed by atoms with Gasteiger partial charge in [0.05, 0.1) is 23.6 Å². The molecular weight excluding hydrogens is 364 g/mol. The molecule has 0 bridgehead atoms. The van der Waals surface area contributed by atoms with Crippen LogP contribution in [-0.2, 0) is 6.42 Å². The summed E-state index contributed by atoms with van der Waals surface area (Å²) in [5, 5.41) is 19.0. The highest BCUT2D eigenvalue weighted by Crippen LogP contribution is 2.30. The first-order valence-electron chi connectivity index (χ1n) is 9.53. The lowest BCUT2D eigenvalue weighted by atomic mass is 9.93. The number of aromatic amines is 2. The predicted molar refractivity (Wildman–Crippen MR) is 111 cm³/mol. The van der Waals surface area contributed by atoms with Gasteiger partial charge in [0.2, 0.25) is 0 Å². The second kappa shape index (κ2) is 6.03. The van der Waals surface area contributed by atoms with Gasteiger partial charge in [0, 0.05) is 52.4 Å². The van der Waals surface area contributed by atoms with Gasteiger partial charge < -0.3 is 9.72 Å². The Kier molecular flexibility index (Phi) is 3.34. The number of aromatic nitrogens is 7. The molecule has 8 heteroatoms. The summed E-state index contributed by atoms with van der Waals surface area (Å²) in [5.74, 6) is 1.06. The van der Waals surface area contributed by atoms with Crippen LogP contribution in [-0.4, -0.2) is 34.8 Å². The number of rotatable bonds is 3. The zero-order chi connectivity index (χ0) is 19.4. The number of hydrogen-bond donors (Lipinski definition) is 3. The summed E-state index contributed by atoms with van der Waals surface area (Å²) < 4.78 is 2.00. The second-order valence-electron chi connectivity index (χ2n) is 7.44. The van der Waals surface area contributed by atoms with Crippen molar-refractivity contribution in [3.05, 3.63) is 66.1 Å². The molecule has 4 aromatic heterocycles. The van der Waals surface area contributed by atoms with E-state index in [-0.39, 0.29) is 0 Å². The van der Waals surface area contributed by atoms with E-state index >= 15 is 0 Å². The molecule has 1 atom stereocenters. The Morgan fingerprint density at radius 2 is 2.10 bits per heavy atom. The Labute approximate surface area is 165 Å². The number of fused-ring (bicyclic) bond motifs is 3. The highest BCUT2D eigenvalue weighted by molar-refractivity contribution is 5.83. The molecule has 3 N–H and O–H groups in total. The first kappa shape index (κ1) is 16.1. The van der Waals surface area contributed by atoms with Crippen molar-refractivity contribution in [3.8, 4) is 11.3 Å². The molecule has 1 unspecified atom stereocenters. The zero-order valence-electron chi connectivity index (χ0n) is 15.7. The normalized spacial score (nSPS) is 16.2. The van der Waals surface area contributed by atoms with E-state index in [1.807, 2.05) is 35.3 Å². The van der Waals surface area contributed by atoms with E-state index in [2.05, 4.69) is 55.8 Å². The maximum Gasteiger partial charge on any atom is 0.180 e. The van der Waals surface area contributed by atoms with Crippen molar-refractivity contribution in [2.75, 3.05) is 5.32 Å². The van der Waals surface area contributed by atoms with Crippen LogP contribution in [0, 0.1) is 5.92 Å². The molecule has 1 aliphatic rings. The number of hydrogen-bond acceptors (Lipinski definition) is 5. The summed E-state index contributed by atoms with van der Waals surface area (Å²) in [5.41, 5.74) is 7.06. The van der Waals surface area contributed by atoms with Crippen molar-refractivity contribution in [2.24, 2.45) is 5.92 Å². The van der Waals surface area contributed by atoms with E-state index in [0.717, 1.165) is 51.3 Å². The zero-order valence-corrected chi connectivity index (χ0v) is 15.7. The van der Waals surface area contributed by atoms with Crippen LogP contribution >= 0.6 is 0 Å². The van der Waals surface area contributed by atoms with Crippen molar-refractivity contribution in [1.82, 2.24) is 34.8 Å². The Hall–Kier alpha value is -3.94. The molecule has 5 aromatic rings. The molecule has 142 valence electrons. The fraction of sp³-hybridized carbons (Fsp3) is 0.143. The average Bonchev–Trinajstić information content (AvgIpc) is 3.47. The van der Waals surface area contributed by atoms with Crippen LogP contribution in [0.1, 0.15) is 18.2 Å². The Morgan fingerprint density at radius 3 is 3.07 bits per heavy atom. The molecule has 1 aromatic carbocycles. The number of imidazole rings is 1. The minimum atomic E-state index is 0.324. The van der Waals surface area contributed by atoms with E-state index in [1.165, 1.54) is 5.69 Å². The first-order valence-corrected chi connectivity index (χ1v) is 9.53. The van der Waals surface area contributed by atoms with E-state index in [1.54, 1.807) is 6.20 Å². The van der Waals surface area contributed by atoms with Gasteiger partial charge in [-0.05, 0) is 18.6 Å². The van der Waals surface area contributed by atoms with E-state index in [9.17, 15) is 0 Å². The van der Waals surface area contributed by atoms with Crippen LogP contribution in [0.15, 0.2) is 54.9 Å². The van der Waals surface area contributed by atoms with E-state index < -0.39 is 0 Å². The largest absolute Gasteiger partial charge is 0.340 e. The van der Waals surface area contributed by atoms with Crippen LogP contribution in [0.2, 0.25) is 0 Å². The third kappa shape index (κ3) is 2.60. The Balaban J connectivity index is 1.46. The average molecular weight is 382 g/mol. The lowest BCUT2D eigenvalue weighted by Gasteiger charge is -2.22. The maximum absolute atomic E-state index is 4.91. The van der Waals surface area contributed by atoms with Gasteiger partial charge in [-0.1, -0.05) is 19.1 Å². The molecule has 8 nitrogen and oxygen atoms in total. The molecule has 4 heterocycles. The number of H-pyrrole nitrogens is 2. The maximum atomic E-state index is 4.91. The van der Waals surface area contributed by atoms with Crippen LogP contribution < -0.4 is 5.32 Å². The summed E-state index contributed by atoms with van der Waals surface area (Å²) in [4.78, 5) is 9.41. The van der Waals surface area contributed by atoms with Crippen molar-refractivity contribution >= 4 is 28.4 Å². The minimum absolute atomic E-state index is 0.324. The van der Waals surface area contributed by atoms with Gasteiger partial charge in [-0.2, -0.15) is 10.2 Å². The van der Waals surface area contributed by atoms with Gasteiger partial charge in [0.25, 0.3) is 0 Å². The van der Waals surface area contributed by atoms with Gasteiger partial charge >= 0.3 is 0 Å². The first-order chi connectivity index (χ1) is 14.2. The quantitative estimate of drug-likeness (QED) is 0.442. The molecule has 0 saturated carbocycles. The van der Waals surface area contributed by atoms with Gasteiger partial charge in [0.15, 0.2) is 11.5 Å². The second-order valence-corrected chi connectivity index (χ2v) is 7.44. The molecule has 0 radical (unpaired) electrons. The Morgan fingerprint density at radius 1 is 1.17 bits per heavy atom. The highest BCUT2D eigenvalue weighted by atomic mass is 15.1. The lowest BCUT2D eigenvalue weighted by molar-refractivity contribution is 0.660. The van der Waals surface area contributed by atoms with Crippen molar-refractivity contribution in [1.29, 1.82) is 0 Å². The third-order valence-electron chi connectivity index (χ3n) is 5.48. The fourth-order valence-corrected chi connectivity index (χ4v) is 3.88. The van der Waals surface area contributed by atoms with E-state index in [0.29, 0.717) is 5.92 Å². The van der Waals surface area contributed by atoms with E-state index in [4.69, 9.17) is 4.98 Å². The van der Waals surface area contributed by atoms with Crippen molar-refractivity contribution in [3.63, 3.8) is 0 Å². The number of allylic oxidation sites excluding steroid dienone is 1. The van der Waals surface area contributed by atoms with Crippen LogP contribution in [0.5, 0.6) is 0 Å². The van der Waals surface area contributed by atoms with Gasteiger partial charge in [-0.15, -0.1) is 0 Å². The Bertz CT molecular complexity index is 1390. The highest BCUT2D eigenvalue weighted by Gasteiger charge is 2.21. The topological polar surface area (TPSA) is 99.6 Å². The number of benzene rings is 1. The third-order valence-corrected chi connectivity index (χ3v) is 5.48. The SMILES string of the molecule is CC1Cc2[nH]ncc2C=C1Nc1nc(-c2ccc3cn[nH]c3c2)cn2ccnc12. The number of anilines is 1. The van der Waals surface area contributed by atoms with Gasteiger partial charge in [-0.25, -0.2) is 9.97 Å². The summed E-state index contributed by atoms with van der Waals surface area (Å²) >= 11 is 0. The van der Waals surface area contributed by atoms with Crippen molar-refractivity contribution in [2.45, 2.75) is 13.3 Å². The minimum Gasteiger partial charge on any atom is -0.340 e. The summed E-state index contributed by atoms with van der Waals surface area (Å²) in [6, 6.07) is 6.18. The van der Waals surface area contributed by atoms with Crippen LogP contribution in [0.4, 0.5) is 5.82 Å². The molecular formula is C21H18N8. The van der Waals surface area contributed by atoms with Gasteiger partial charge in [-0.3, -0.25) is 10.2 Å². The molecule has 1 aliphatic carbocycles. The molecule has 0 saturated heterocycles. The van der Waals surface area contributed by atoms with Crippen LogP contribution in [0.3, 0.4) is 0 Å². The lowest BCUT2D eigenvalue weighted by Crippen LogP contribution is -2.17. The molecule has 0 aliphatic heterocycles. The molecule has 0 fully saturated rings. The molecule has 6 rings (SSSR count). The monoisotopic (exact) mass is 382 g/mol. The molecule has 0 spiro atoms. The van der Waals surface area contributed by atoms with Crippen molar-refractivity contribution < 1.29 is 0 Å². The summed E-state index contributed by atoms with van der Waals surface area (Å²) in [6.45, 7) is 2.20. The predicted octanol–water partition coefficient (Wildman–Crippen LogP) is 3.64. The standard InChI is InChI=1S/C21H18N8/c1-12-6-17-15(10-24-27-17)8-16(12)25-20-21-22-4-5-29(21)11-19(26-20)13-2-3-14-9-23-28-18(14)7-13/h2-5,7-12H,6H2,1H3,(H,23,28)(H,24,27)(H,25,26). The number of nitrogens with zero attached hydrogens (tertiary/aromatic N) is 5. The number of nitrogens with one attached hydrogen (secondary N) is 3. The summed E-state index contributed by atoms with van der Waals surface area (Å²) in [7, 11) is 0. The molecule has 29 heavy (non-hydrogen) atoms.